The monoisotopic (exact) mass is 968 g/mol. The van der Waals surface area contributed by atoms with Gasteiger partial charge in [0.1, 0.15) is 23.0 Å². The van der Waals surface area contributed by atoms with Crippen molar-refractivity contribution in [1.29, 1.82) is 0 Å². The quantitative estimate of drug-likeness (QED) is 0.114. The lowest BCUT2D eigenvalue weighted by Crippen LogP contribution is -2.59. The number of hydrogen-bond donors (Lipinski definition) is 0. The second kappa shape index (κ2) is 19.8. The third kappa shape index (κ3) is 8.53. The van der Waals surface area contributed by atoms with E-state index in [1.54, 1.807) is 28.4 Å². The first-order valence-corrected chi connectivity index (χ1v) is 23.3. The summed E-state index contributed by atoms with van der Waals surface area (Å²) in [6.07, 6.45) is 0. The summed E-state index contributed by atoms with van der Waals surface area (Å²) >= 11 is 26.4. The van der Waals surface area contributed by atoms with E-state index in [0.717, 1.165) is 66.8 Å². The largest absolute Gasteiger partial charge is 0.497 e. The second-order valence-electron chi connectivity index (χ2n) is 16.2. The summed E-state index contributed by atoms with van der Waals surface area (Å²) in [5.74, 6) is 2.84. The summed E-state index contributed by atoms with van der Waals surface area (Å²) in [6, 6.07) is 64.5. The van der Waals surface area contributed by atoms with Crippen LogP contribution in [0.4, 0.5) is 0 Å². The van der Waals surface area contributed by atoms with Gasteiger partial charge in [-0.25, -0.2) is 0 Å². The Bertz CT molecular complexity index is 2770. The van der Waals surface area contributed by atoms with E-state index in [1.165, 1.54) is 0 Å². The number of methoxy groups -OCH3 is 4. The summed E-state index contributed by atoms with van der Waals surface area (Å²) in [5, 5.41) is 2.46. The third-order valence-corrected chi connectivity index (χ3v) is 13.6. The maximum atomic E-state index is 6.60. The Morgan fingerprint density at radius 2 is 0.485 bits per heavy atom. The Hall–Kier alpha value is -6.84. The highest BCUT2D eigenvalue weighted by atomic mass is 35.5. The molecule has 0 aliphatic heterocycles. The molecule has 8 heteroatoms. The van der Waals surface area contributed by atoms with Crippen LogP contribution < -0.4 is 18.9 Å². The molecule has 9 rings (SSSR count). The molecule has 0 unspecified atom stereocenters. The lowest BCUT2D eigenvalue weighted by Gasteiger charge is -2.60. The molecule has 8 aromatic rings. The topological polar surface area (TPSA) is 36.9 Å². The number of ether oxygens (including phenoxy) is 4. The Labute approximate surface area is 417 Å². The lowest BCUT2D eigenvalue weighted by atomic mass is 9.38. The summed E-state index contributed by atoms with van der Waals surface area (Å²) in [6.45, 7) is 0. The molecule has 0 radical (unpaired) electrons. The van der Waals surface area contributed by atoms with Gasteiger partial charge in [-0.05, 0) is 142 Å². The van der Waals surface area contributed by atoms with E-state index in [-0.39, 0.29) is 0 Å². The molecular formula is C60H44Cl4O4. The molecule has 0 heterocycles. The van der Waals surface area contributed by atoms with Crippen LogP contribution in [-0.4, -0.2) is 28.4 Å². The van der Waals surface area contributed by atoms with Crippen molar-refractivity contribution in [3.05, 3.63) is 281 Å². The molecule has 1 aliphatic carbocycles. The molecule has 0 aromatic heterocycles. The van der Waals surface area contributed by atoms with E-state index in [2.05, 4.69) is 60.0 Å². The fourth-order valence-corrected chi connectivity index (χ4v) is 9.82. The van der Waals surface area contributed by atoms with Crippen LogP contribution in [0, 0.1) is 0 Å². The maximum Gasteiger partial charge on any atom is 0.118 e. The average molecular weight is 971 g/mol. The average Bonchev–Trinajstić information content (AvgIpc) is 3.38. The Morgan fingerprint density at radius 1 is 0.294 bits per heavy atom. The highest BCUT2D eigenvalue weighted by Gasteiger charge is 2.67. The van der Waals surface area contributed by atoms with E-state index in [0.29, 0.717) is 43.1 Å². The zero-order valence-electron chi connectivity index (χ0n) is 37.6. The van der Waals surface area contributed by atoms with Gasteiger partial charge in [0.25, 0.3) is 0 Å². The van der Waals surface area contributed by atoms with E-state index < -0.39 is 10.8 Å². The Morgan fingerprint density at radius 3 is 0.662 bits per heavy atom. The molecule has 1 fully saturated rings. The summed E-state index contributed by atoms with van der Waals surface area (Å²) in [7, 11) is 6.69. The first-order chi connectivity index (χ1) is 33.1. The third-order valence-electron chi connectivity index (χ3n) is 12.6. The first kappa shape index (κ1) is 46.3. The predicted molar refractivity (Wildman–Crippen MR) is 278 cm³/mol. The van der Waals surface area contributed by atoms with E-state index in [1.807, 2.05) is 146 Å². The minimum absolute atomic E-state index is 0.615. The van der Waals surface area contributed by atoms with Gasteiger partial charge in [-0.2, -0.15) is 0 Å². The highest BCUT2D eigenvalue weighted by Crippen LogP contribution is 2.70. The van der Waals surface area contributed by atoms with Crippen molar-refractivity contribution in [3.63, 3.8) is 0 Å². The molecule has 0 amide bonds. The van der Waals surface area contributed by atoms with Gasteiger partial charge < -0.3 is 18.9 Å². The fraction of sp³-hybridized carbons (Fsp3) is 0.100. The molecule has 8 aromatic carbocycles. The van der Waals surface area contributed by atoms with Crippen LogP contribution >= 0.6 is 46.4 Å². The molecule has 0 N–H and O–H groups in total. The minimum atomic E-state index is -1.09. The van der Waals surface area contributed by atoms with Gasteiger partial charge in [0, 0.05) is 42.4 Å². The standard InChI is InChI=1S/C60H44Cl4O4/c1-65-51-29-13-43(14-30-51)59(44-15-31-52(66-2)32-16-44)57(37-55(39-5-21-47(61)22-6-39)40-7-23-48(62)24-8-40)60(45-17-33-53(67-3)34-18-45,46-19-35-54(68-4)36-20-46)58(59)38-56(41-9-25-49(63)26-10-41)42-11-27-50(64)28-12-42/h5-36H,1-4H3. The zero-order chi connectivity index (χ0) is 47.4. The molecule has 336 valence electrons. The van der Waals surface area contributed by atoms with Gasteiger partial charge in [-0.1, -0.05) is 143 Å². The van der Waals surface area contributed by atoms with E-state index in [9.17, 15) is 0 Å². The van der Waals surface area contributed by atoms with Crippen molar-refractivity contribution in [1.82, 2.24) is 0 Å². The van der Waals surface area contributed by atoms with Crippen LogP contribution in [0.5, 0.6) is 23.0 Å². The van der Waals surface area contributed by atoms with Gasteiger partial charge in [0.15, 0.2) is 0 Å². The molecule has 1 aliphatic rings. The number of halogens is 4. The van der Waals surface area contributed by atoms with Crippen molar-refractivity contribution in [2.24, 2.45) is 0 Å². The summed E-state index contributed by atoms with van der Waals surface area (Å²) in [4.78, 5) is 0. The number of hydrogen-bond acceptors (Lipinski definition) is 4. The van der Waals surface area contributed by atoms with Gasteiger partial charge in [-0.15, -0.1) is 11.5 Å². The Kier molecular flexibility index (Phi) is 13.5. The second-order valence-corrected chi connectivity index (χ2v) is 17.9. The normalized spacial score (nSPS) is 13.4. The van der Waals surface area contributed by atoms with Crippen LogP contribution in [0.15, 0.2) is 217 Å². The van der Waals surface area contributed by atoms with Crippen LogP contribution in [0.25, 0.3) is 11.1 Å². The van der Waals surface area contributed by atoms with E-state index in [4.69, 9.17) is 65.4 Å². The maximum absolute atomic E-state index is 6.60. The zero-order valence-corrected chi connectivity index (χ0v) is 40.6. The smallest absolute Gasteiger partial charge is 0.118 e. The first-order valence-electron chi connectivity index (χ1n) is 21.8. The van der Waals surface area contributed by atoms with Gasteiger partial charge in [-0.3, -0.25) is 0 Å². The van der Waals surface area contributed by atoms with Gasteiger partial charge in [0.05, 0.1) is 39.3 Å². The van der Waals surface area contributed by atoms with Crippen LogP contribution in [0.3, 0.4) is 0 Å². The molecule has 1 saturated carbocycles. The molecule has 68 heavy (non-hydrogen) atoms. The van der Waals surface area contributed by atoms with Gasteiger partial charge in [0.2, 0.25) is 0 Å². The highest BCUT2D eigenvalue weighted by molar-refractivity contribution is 6.31. The molecule has 0 spiro atoms. The number of rotatable bonds is 12. The number of benzene rings is 8. The molecular weight excluding hydrogens is 926 g/mol. The van der Waals surface area contributed by atoms with Crippen molar-refractivity contribution in [2.45, 2.75) is 10.8 Å². The summed E-state index contributed by atoms with van der Waals surface area (Å²) in [5.41, 5.74) is 17.1. The summed E-state index contributed by atoms with van der Waals surface area (Å²) < 4.78 is 23.2. The molecule has 0 atom stereocenters. The lowest BCUT2D eigenvalue weighted by molar-refractivity contribution is 0.405. The van der Waals surface area contributed by atoms with Crippen molar-refractivity contribution in [3.8, 4) is 23.0 Å². The van der Waals surface area contributed by atoms with Crippen molar-refractivity contribution < 1.29 is 18.9 Å². The molecule has 0 bridgehead atoms. The fourth-order valence-electron chi connectivity index (χ4n) is 9.32. The molecule has 0 saturated heterocycles. The van der Waals surface area contributed by atoms with E-state index >= 15 is 0 Å². The molecule has 4 nitrogen and oxygen atoms in total. The predicted octanol–water partition coefficient (Wildman–Crippen LogP) is 15.9. The van der Waals surface area contributed by atoms with Gasteiger partial charge >= 0.3 is 0 Å². The number of allylic oxidation sites excluding steroid dienone is 2. The van der Waals surface area contributed by atoms with Crippen LogP contribution in [0.2, 0.25) is 20.1 Å². The Balaban J connectivity index is 1.62. The minimum Gasteiger partial charge on any atom is -0.497 e. The van der Waals surface area contributed by atoms with Crippen LogP contribution in [-0.2, 0) is 10.8 Å². The van der Waals surface area contributed by atoms with Crippen molar-refractivity contribution >= 4 is 57.5 Å². The van der Waals surface area contributed by atoms with Crippen LogP contribution in [0.1, 0.15) is 44.5 Å². The SMILES string of the molecule is COc1ccc(C2(c3ccc(OC)cc3)C(=C=C(c3ccc(Cl)cc3)c3ccc(Cl)cc3)C(c3ccc(OC)cc3)(c3ccc(OC)cc3)C2=C=C(c2ccc(Cl)cc2)c2ccc(Cl)cc2)cc1. The van der Waals surface area contributed by atoms with Crippen molar-refractivity contribution in [2.75, 3.05) is 28.4 Å².